The molecule has 3 aromatic carbocycles. The third-order valence-corrected chi connectivity index (χ3v) is 5.47. The molecule has 35 heavy (non-hydrogen) atoms. The normalized spacial score (nSPS) is 10.9. The molecule has 174 valence electrons. The molecule has 0 atom stereocenters. The first kappa shape index (κ1) is 22.2. The monoisotopic (exact) mass is 467 g/mol. The van der Waals surface area contributed by atoms with Crippen LogP contribution in [0.25, 0.3) is 28.3 Å². The van der Waals surface area contributed by atoms with Crippen molar-refractivity contribution in [1.82, 2.24) is 25.2 Å². The van der Waals surface area contributed by atoms with E-state index in [4.69, 9.17) is 9.62 Å². The first-order valence-corrected chi connectivity index (χ1v) is 11.2. The maximum Gasteiger partial charge on any atom is 0.227 e. The summed E-state index contributed by atoms with van der Waals surface area (Å²) in [5.41, 5.74) is 4.01. The fourth-order valence-electron chi connectivity index (χ4n) is 3.67. The van der Waals surface area contributed by atoms with Crippen molar-refractivity contribution in [3.05, 3.63) is 108 Å². The molecule has 1 N–H and O–H groups in total. The number of hydrogen-bond donors (Lipinski definition) is 1. The van der Waals surface area contributed by atoms with Crippen molar-refractivity contribution in [2.75, 3.05) is 0 Å². The van der Waals surface area contributed by atoms with E-state index in [0.29, 0.717) is 23.8 Å². The lowest BCUT2D eigenvalue weighted by atomic mass is 10.1. The van der Waals surface area contributed by atoms with Crippen LogP contribution >= 0.6 is 0 Å². The second kappa shape index (κ2) is 10.1. The number of hydrogen-bond acceptors (Lipinski definition) is 5. The maximum absolute atomic E-state index is 13.4. The van der Waals surface area contributed by atoms with Crippen LogP contribution in [0.5, 0.6) is 0 Å². The number of aromatic nitrogens is 4. The molecule has 0 bridgehead atoms. The predicted octanol–water partition coefficient (Wildman–Crippen LogP) is 4.98. The minimum absolute atomic E-state index is 0.151. The van der Waals surface area contributed by atoms with Gasteiger partial charge in [-0.25, -0.2) is 9.07 Å². The number of carbonyl (C=O) groups is 1. The summed E-state index contributed by atoms with van der Waals surface area (Å²) < 4.78 is 20.5. The zero-order valence-electron chi connectivity index (χ0n) is 18.8. The number of halogens is 1. The van der Waals surface area contributed by atoms with Crippen LogP contribution in [0.4, 0.5) is 4.39 Å². The van der Waals surface area contributed by atoms with Crippen molar-refractivity contribution in [2.24, 2.45) is 0 Å². The van der Waals surface area contributed by atoms with Gasteiger partial charge in [0.05, 0.1) is 11.4 Å². The van der Waals surface area contributed by atoms with Gasteiger partial charge in [-0.3, -0.25) is 4.79 Å². The molecule has 0 fully saturated rings. The van der Waals surface area contributed by atoms with E-state index in [-0.39, 0.29) is 24.7 Å². The summed E-state index contributed by atoms with van der Waals surface area (Å²) in [4.78, 5) is 16.9. The molecule has 5 aromatic rings. The second-order valence-corrected chi connectivity index (χ2v) is 7.94. The Morgan fingerprint density at radius 3 is 2.37 bits per heavy atom. The molecule has 0 unspecified atom stereocenters. The Kier molecular flexibility index (Phi) is 6.43. The summed E-state index contributed by atoms with van der Waals surface area (Å²) in [6, 6.07) is 25.3. The van der Waals surface area contributed by atoms with Crippen LogP contribution in [0.15, 0.2) is 95.6 Å². The van der Waals surface area contributed by atoms with Gasteiger partial charge in [0.2, 0.25) is 17.6 Å². The van der Waals surface area contributed by atoms with Crippen molar-refractivity contribution in [1.29, 1.82) is 0 Å². The molecule has 8 heteroatoms. The molecule has 0 radical (unpaired) electrons. The van der Waals surface area contributed by atoms with Crippen LogP contribution < -0.4 is 5.32 Å². The number of nitrogens with one attached hydrogen (secondary N) is 1. The van der Waals surface area contributed by atoms with Gasteiger partial charge >= 0.3 is 0 Å². The first-order valence-electron chi connectivity index (χ1n) is 11.2. The van der Waals surface area contributed by atoms with Crippen molar-refractivity contribution >= 4 is 5.91 Å². The summed E-state index contributed by atoms with van der Waals surface area (Å²) >= 11 is 0. The second-order valence-electron chi connectivity index (χ2n) is 7.94. The van der Waals surface area contributed by atoms with Gasteiger partial charge in [0.25, 0.3) is 0 Å². The average molecular weight is 468 g/mol. The molecule has 7 nitrogen and oxygen atoms in total. The van der Waals surface area contributed by atoms with Gasteiger partial charge in [0, 0.05) is 42.3 Å². The number of amides is 1. The average Bonchev–Trinajstić information content (AvgIpc) is 3.55. The molecule has 0 saturated carbocycles. The van der Waals surface area contributed by atoms with E-state index in [9.17, 15) is 9.18 Å². The number of para-hydroxylation sites is 1. The van der Waals surface area contributed by atoms with Crippen LogP contribution in [-0.4, -0.2) is 25.8 Å². The smallest absolute Gasteiger partial charge is 0.227 e. The van der Waals surface area contributed by atoms with Gasteiger partial charge in [-0.15, -0.1) is 0 Å². The summed E-state index contributed by atoms with van der Waals surface area (Å²) in [5.74, 6) is 0.436. The zero-order chi connectivity index (χ0) is 24.0. The van der Waals surface area contributed by atoms with Crippen LogP contribution in [0.3, 0.4) is 0 Å². The molecule has 0 aliphatic carbocycles. The Morgan fingerprint density at radius 1 is 0.914 bits per heavy atom. The third kappa shape index (κ3) is 5.33. The third-order valence-electron chi connectivity index (χ3n) is 5.47. The Hall–Kier alpha value is -4.59. The lowest BCUT2D eigenvalue weighted by molar-refractivity contribution is -0.121. The Morgan fingerprint density at radius 2 is 1.63 bits per heavy atom. The summed E-state index contributed by atoms with van der Waals surface area (Å²) in [6.45, 7) is 0.275. The summed E-state index contributed by atoms with van der Waals surface area (Å²) in [6.07, 6.45) is 2.41. The minimum Gasteiger partial charge on any atom is -0.352 e. The van der Waals surface area contributed by atoms with Gasteiger partial charge in [-0.2, -0.15) is 10.1 Å². The molecule has 0 saturated heterocycles. The first-order chi connectivity index (χ1) is 17.2. The largest absolute Gasteiger partial charge is 0.352 e. The number of benzene rings is 3. The van der Waals surface area contributed by atoms with Crippen LogP contribution in [-0.2, 0) is 17.8 Å². The van der Waals surface area contributed by atoms with Gasteiger partial charge < -0.3 is 9.84 Å². The molecule has 2 heterocycles. The fourth-order valence-corrected chi connectivity index (χ4v) is 3.67. The van der Waals surface area contributed by atoms with E-state index in [1.807, 2.05) is 66.9 Å². The van der Waals surface area contributed by atoms with Crippen LogP contribution in [0, 0.1) is 5.82 Å². The van der Waals surface area contributed by atoms with Gasteiger partial charge in [-0.05, 0) is 36.4 Å². The van der Waals surface area contributed by atoms with Crippen molar-refractivity contribution in [3.63, 3.8) is 0 Å². The summed E-state index contributed by atoms with van der Waals surface area (Å²) in [7, 11) is 0. The maximum atomic E-state index is 13.4. The van der Waals surface area contributed by atoms with E-state index in [1.165, 1.54) is 12.1 Å². The molecular formula is C27H22FN5O2. The fraction of sp³-hybridized carbons (Fsp3) is 0.111. The van der Waals surface area contributed by atoms with Crippen LogP contribution in [0.1, 0.15) is 17.9 Å². The number of rotatable bonds is 8. The molecule has 1 amide bonds. The minimum atomic E-state index is -0.317. The highest BCUT2D eigenvalue weighted by Crippen LogP contribution is 2.24. The SMILES string of the molecule is O=C(CCc1nc(-c2ccccc2)no1)NCc1cn(-c2ccccc2)nc1-c1ccc(F)cc1. The molecular weight excluding hydrogens is 445 g/mol. The van der Waals surface area contributed by atoms with E-state index in [1.54, 1.807) is 16.8 Å². The number of nitrogens with zero attached hydrogens (tertiary/aromatic N) is 4. The molecule has 0 spiro atoms. The van der Waals surface area contributed by atoms with Gasteiger partial charge in [0.1, 0.15) is 5.82 Å². The highest BCUT2D eigenvalue weighted by molar-refractivity contribution is 5.76. The number of carbonyl (C=O) groups excluding carboxylic acids is 1. The van der Waals surface area contributed by atoms with Gasteiger partial charge in [-0.1, -0.05) is 53.7 Å². The van der Waals surface area contributed by atoms with Crippen molar-refractivity contribution < 1.29 is 13.7 Å². The lowest BCUT2D eigenvalue weighted by Crippen LogP contribution is -2.23. The Balaban J connectivity index is 1.26. The topological polar surface area (TPSA) is 85.8 Å². The van der Waals surface area contributed by atoms with Crippen LogP contribution in [0.2, 0.25) is 0 Å². The van der Waals surface area contributed by atoms with E-state index < -0.39 is 0 Å². The standard InChI is InChI=1S/C27H22FN5O2/c28-22-13-11-19(12-14-22)26-21(18-33(31-26)23-9-5-2-6-10-23)17-29-24(34)15-16-25-30-27(32-35-25)20-7-3-1-4-8-20/h1-14,18H,15-17H2,(H,29,34). The molecule has 5 rings (SSSR count). The molecule has 0 aliphatic rings. The predicted molar refractivity (Wildman–Crippen MR) is 129 cm³/mol. The number of aryl methyl sites for hydroxylation is 1. The quantitative estimate of drug-likeness (QED) is 0.348. The molecule has 2 aromatic heterocycles. The highest BCUT2D eigenvalue weighted by Gasteiger charge is 2.15. The Bertz CT molecular complexity index is 1410. The van der Waals surface area contributed by atoms with E-state index in [0.717, 1.165) is 22.4 Å². The summed E-state index contributed by atoms with van der Waals surface area (Å²) in [5, 5.41) is 11.6. The van der Waals surface area contributed by atoms with Crippen molar-refractivity contribution in [3.8, 4) is 28.3 Å². The lowest BCUT2D eigenvalue weighted by Gasteiger charge is -2.05. The Labute approximate surface area is 201 Å². The van der Waals surface area contributed by atoms with E-state index >= 15 is 0 Å². The highest BCUT2D eigenvalue weighted by atomic mass is 19.1. The van der Waals surface area contributed by atoms with E-state index in [2.05, 4.69) is 15.5 Å². The van der Waals surface area contributed by atoms with Crippen molar-refractivity contribution in [2.45, 2.75) is 19.4 Å². The zero-order valence-corrected chi connectivity index (χ0v) is 18.8. The van der Waals surface area contributed by atoms with Gasteiger partial charge in [0.15, 0.2) is 0 Å². The molecule has 0 aliphatic heterocycles.